The summed E-state index contributed by atoms with van der Waals surface area (Å²) >= 11 is 0. The summed E-state index contributed by atoms with van der Waals surface area (Å²) in [4.78, 5) is 6.55. The molecule has 0 amide bonds. The van der Waals surface area contributed by atoms with Crippen molar-refractivity contribution >= 4 is 16.0 Å². The molecule has 0 spiro atoms. The number of hydrogen-bond acceptors (Lipinski definition) is 5. The van der Waals surface area contributed by atoms with Crippen LogP contribution in [0.25, 0.3) is 0 Å². The maximum absolute atomic E-state index is 11.1. The van der Waals surface area contributed by atoms with E-state index in [0.717, 1.165) is 37.6 Å². The van der Waals surface area contributed by atoms with Crippen LogP contribution in [0.2, 0.25) is 0 Å². The number of guanidine groups is 1. The van der Waals surface area contributed by atoms with Gasteiger partial charge in [0.2, 0.25) is 10.0 Å². The Morgan fingerprint density at radius 3 is 2.58 bits per heavy atom. The zero-order valence-electron chi connectivity index (χ0n) is 10.8. The fraction of sp³-hybridized carbons (Fsp3) is 0.417. The number of nitrogens with two attached hydrogens (primary N) is 1. The molecule has 6 nitrogen and oxygen atoms in total. The van der Waals surface area contributed by atoms with E-state index in [1.54, 1.807) is 12.1 Å². The number of primary sulfonamides is 1. The van der Waals surface area contributed by atoms with E-state index >= 15 is 0 Å². The summed E-state index contributed by atoms with van der Waals surface area (Å²) in [5.74, 6) is 0.918. The topological polar surface area (TPSA) is 87.8 Å². The van der Waals surface area contributed by atoms with Crippen LogP contribution in [0.5, 0.6) is 0 Å². The average Bonchev–Trinajstić information content (AvgIpc) is 2.75. The highest BCUT2D eigenvalue weighted by atomic mass is 32.2. The zero-order chi connectivity index (χ0) is 13.9. The lowest BCUT2D eigenvalue weighted by molar-refractivity contribution is 0.534. The summed E-state index contributed by atoms with van der Waals surface area (Å²) in [7, 11) is -1.60. The van der Waals surface area contributed by atoms with Gasteiger partial charge in [-0.05, 0) is 24.1 Å². The molecule has 1 aromatic carbocycles. The molecular weight excluding hydrogens is 264 g/mol. The molecule has 1 aromatic rings. The van der Waals surface area contributed by atoms with Crippen LogP contribution in [-0.2, 0) is 16.4 Å². The van der Waals surface area contributed by atoms with Gasteiger partial charge in [-0.3, -0.25) is 4.99 Å². The molecule has 2 rings (SSSR count). The van der Waals surface area contributed by atoms with Crippen LogP contribution >= 0.6 is 0 Å². The molecule has 1 aliphatic rings. The van der Waals surface area contributed by atoms with Gasteiger partial charge in [0, 0.05) is 20.1 Å². The highest BCUT2D eigenvalue weighted by molar-refractivity contribution is 7.89. The van der Waals surface area contributed by atoms with Crippen molar-refractivity contribution in [2.24, 2.45) is 10.1 Å². The average molecular weight is 282 g/mol. The van der Waals surface area contributed by atoms with Gasteiger partial charge in [0.05, 0.1) is 11.4 Å². The number of sulfonamides is 1. The van der Waals surface area contributed by atoms with Gasteiger partial charge in [-0.25, -0.2) is 13.6 Å². The Balaban J connectivity index is 1.87. The normalized spacial score (nSPS) is 15.5. The van der Waals surface area contributed by atoms with E-state index in [2.05, 4.69) is 15.2 Å². The van der Waals surface area contributed by atoms with Crippen molar-refractivity contribution in [1.29, 1.82) is 0 Å². The second kappa shape index (κ2) is 5.58. The van der Waals surface area contributed by atoms with Crippen LogP contribution in [-0.4, -0.2) is 46.0 Å². The number of benzene rings is 1. The Bertz CT molecular complexity index is 566. The first-order valence-electron chi connectivity index (χ1n) is 6.08. The monoisotopic (exact) mass is 282 g/mol. The van der Waals surface area contributed by atoms with Crippen molar-refractivity contribution in [3.63, 3.8) is 0 Å². The molecule has 0 radical (unpaired) electrons. The molecule has 0 saturated carbocycles. The van der Waals surface area contributed by atoms with E-state index in [1.165, 1.54) is 12.1 Å². The van der Waals surface area contributed by atoms with Crippen molar-refractivity contribution in [3.8, 4) is 0 Å². The van der Waals surface area contributed by atoms with Crippen LogP contribution in [0.4, 0.5) is 0 Å². The molecule has 0 aromatic heterocycles. The van der Waals surface area contributed by atoms with Gasteiger partial charge in [-0.15, -0.1) is 0 Å². The largest absolute Gasteiger partial charge is 0.356 e. The van der Waals surface area contributed by atoms with Crippen LogP contribution in [0, 0.1) is 0 Å². The van der Waals surface area contributed by atoms with E-state index < -0.39 is 10.0 Å². The van der Waals surface area contributed by atoms with Crippen LogP contribution in [0.1, 0.15) is 5.56 Å². The standard InChI is InChI=1S/C12H18N4O2S/c1-16-9-8-15-12(16)14-7-6-10-2-4-11(5-3-10)19(13,17)18/h2-5H,6-9H2,1H3,(H,14,15)(H2,13,17,18). The van der Waals surface area contributed by atoms with Crippen LogP contribution < -0.4 is 10.5 Å². The molecule has 104 valence electrons. The van der Waals surface area contributed by atoms with Crippen molar-refractivity contribution in [3.05, 3.63) is 29.8 Å². The second-order valence-electron chi connectivity index (χ2n) is 4.49. The predicted octanol–water partition coefficient (Wildman–Crippen LogP) is -0.232. The third kappa shape index (κ3) is 3.68. The first-order chi connectivity index (χ1) is 8.97. The van der Waals surface area contributed by atoms with Gasteiger partial charge in [0.15, 0.2) is 5.96 Å². The second-order valence-corrected chi connectivity index (χ2v) is 6.05. The predicted molar refractivity (Wildman–Crippen MR) is 74.5 cm³/mol. The molecule has 0 atom stereocenters. The van der Waals surface area contributed by atoms with E-state index in [0.29, 0.717) is 0 Å². The lowest BCUT2D eigenvalue weighted by Gasteiger charge is -2.15. The molecule has 1 heterocycles. The van der Waals surface area contributed by atoms with Gasteiger partial charge in [0.25, 0.3) is 0 Å². The van der Waals surface area contributed by atoms with Gasteiger partial charge < -0.3 is 10.2 Å². The van der Waals surface area contributed by atoms with E-state index in [4.69, 9.17) is 5.14 Å². The molecule has 0 fully saturated rings. The maximum Gasteiger partial charge on any atom is 0.238 e. The molecule has 7 heteroatoms. The summed E-state index contributed by atoms with van der Waals surface area (Å²) in [5, 5.41) is 8.30. The third-order valence-electron chi connectivity index (χ3n) is 3.01. The molecule has 0 aliphatic carbocycles. The summed E-state index contributed by atoms with van der Waals surface area (Å²) in [6.07, 6.45) is 0.803. The minimum absolute atomic E-state index is 0.143. The van der Waals surface area contributed by atoms with E-state index in [9.17, 15) is 8.42 Å². The summed E-state index contributed by atoms with van der Waals surface area (Å²) < 4.78 is 22.2. The third-order valence-corrected chi connectivity index (χ3v) is 3.94. The van der Waals surface area contributed by atoms with E-state index in [-0.39, 0.29) is 4.90 Å². The smallest absolute Gasteiger partial charge is 0.238 e. The van der Waals surface area contributed by atoms with E-state index in [1.807, 2.05) is 7.05 Å². The van der Waals surface area contributed by atoms with Gasteiger partial charge in [-0.2, -0.15) is 0 Å². The lowest BCUT2D eigenvalue weighted by Crippen LogP contribution is -2.36. The molecule has 1 aliphatic heterocycles. The summed E-state index contributed by atoms with van der Waals surface area (Å²) in [6.45, 7) is 2.55. The minimum Gasteiger partial charge on any atom is -0.356 e. The molecular formula is C12H18N4O2S. The Labute approximate surface area is 113 Å². The fourth-order valence-corrected chi connectivity index (χ4v) is 2.40. The number of rotatable bonds is 4. The maximum atomic E-state index is 11.1. The van der Waals surface area contributed by atoms with Crippen LogP contribution in [0.15, 0.2) is 34.2 Å². The molecule has 19 heavy (non-hydrogen) atoms. The summed E-state index contributed by atoms with van der Waals surface area (Å²) in [5.41, 5.74) is 1.06. The first-order valence-corrected chi connectivity index (χ1v) is 7.62. The Kier molecular flexibility index (Phi) is 4.06. The van der Waals surface area contributed by atoms with Gasteiger partial charge in [0.1, 0.15) is 0 Å². The van der Waals surface area contributed by atoms with Crippen molar-refractivity contribution in [2.75, 3.05) is 26.7 Å². The quantitative estimate of drug-likeness (QED) is 0.798. The van der Waals surface area contributed by atoms with Crippen molar-refractivity contribution in [1.82, 2.24) is 10.2 Å². The van der Waals surface area contributed by atoms with Gasteiger partial charge >= 0.3 is 0 Å². The lowest BCUT2D eigenvalue weighted by atomic mass is 10.1. The SMILES string of the molecule is CN1CCN=C1NCCc1ccc(S(N)(=O)=O)cc1. The molecule has 0 saturated heterocycles. The van der Waals surface area contributed by atoms with Crippen LogP contribution in [0.3, 0.4) is 0 Å². The first kappa shape index (κ1) is 13.8. The number of likely N-dealkylation sites (N-methyl/N-ethyl adjacent to an activating group) is 1. The number of nitrogens with one attached hydrogen (secondary N) is 1. The zero-order valence-corrected chi connectivity index (χ0v) is 11.7. The molecule has 3 N–H and O–H groups in total. The highest BCUT2D eigenvalue weighted by Crippen LogP contribution is 2.09. The molecule has 0 bridgehead atoms. The Morgan fingerprint density at radius 2 is 2.05 bits per heavy atom. The van der Waals surface area contributed by atoms with Crippen molar-refractivity contribution in [2.45, 2.75) is 11.3 Å². The number of nitrogens with zero attached hydrogens (tertiary/aromatic N) is 2. The highest BCUT2D eigenvalue weighted by Gasteiger charge is 2.11. The minimum atomic E-state index is -3.60. The summed E-state index contributed by atoms with van der Waals surface area (Å²) in [6, 6.07) is 6.62. The fourth-order valence-electron chi connectivity index (χ4n) is 1.89. The Morgan fingerprint density at radius 1 is 1.37 bits per heavy atom. The molecule has 0 unspecified atom stereocenters. The Hall–Kier alpha value is -1.60. The van der Waals surface area contributed by atoms with Gasteiger partial charge in [-0.1, -0.05) is 12.1 Å². The number of aliphatic imine (C=N–C) groups is 1. The van der Waals surface area contributed by atoms with Crippen molar-refractivity contribution < 1.29 is 8.42 Å². The number of hydrogen-bond donors (Lipinski definition) is 2.